The van der Waals surface area contributed by atoms with Crippen molar-refractivity contribution in [1.82, 2.24) is 0 Å². The third-order valence-electron chi connectivity index (χ3n) is 3.81. The molecule has 0 aliphatic carbocycles. The molecular weight excluding hydrogens is 396 g/mol. The molecule has 3 nitrogen and oxygen atoms in total. The van der Waals surface area contributed by atoms with Gasteiger partial charge in [-0.25, -0.2) is 12.8 Å². The van der Waals surface area contributed by atoms with E-state index >= 15 is 0 Å². The second-order valence-corrected chi connectivity index (χ2v) is 8.18. The van der Waals surface area contributed by atoms with Gasteiger partial charge in [-0.3, -0.25) is 4.31 Å². The molecule has 0 atom stereocenters. The van der Waals surface area contributed by atoms with Crippen LogP contribution in [-0.2, 0) is 16.6 Å². The molecule has 0 radical (unpaired) electrons. The molecule has 7 heteroatoms. The molecule has 3 rings (SSSR count). The largest absolute Gasteiger partial charge is 0.264 e. The minimum absolute atomic E-state index is 0.0820. The van der Waals surface area contributed by atoms with Crippen LogP contribution in [0, 0.1) is 5.82 Å². The number of hydrogen-bond donors (Lipinski definition) is 0. The first-order valence-electron chi connectivity index (χ1n) is 7.66. The van der Waals surface area contributed by atoms with Crippen LogP contribution in [0.15, 0.2) is 77.7 Å². The van der Waals surface area contributed by atoms with Crippen molar-refractivity contribution in [1.29, 1.82) is 0 Å². The Hall–Kier alpha value is -2.08. The van der Waals surface area contributed by atoms with Gasteiger partial charge in [0.1, 0.15) is 5.82 Å². The summed E-state index contributed by atoms with van der Waals surface area (Å²) in [6.45, 7) is -0.0820. The Morgan fingerprint density at radius 3 is 1.96 bits per heavy atom. The van der Waals surface area contributed by atoms with Crippen molar-refractivity contribution < 1.29 is 12.8 Å². The molecule has 26 heavy (non-hydrogen) atoms. The van der Waals surface area contributed by atoms with Crippen LogP contribution in [-0.4, -0.2) is 8.42 Å². The summed E-state index contributed by atoms with van der Waals surface area (Å²) in [5.41, 5.74) is 0.783. The first-order valence-corrected chi connectivity index (χ1v) is 9.85. The van der Waals surface area contributed by atoms with E-state index in [-0.39, 0.29) is 11.4 Å². The third-order valence-corrected chi connectivity index (χ3v) is 6.31. The first-order chi connectivity index (χ1) is 12.4. The second-order valence-electron chi connectivity index (χ2n) is 5.50. The molecule has 0 bridgehead atoms. The van der Waals surface area contributed by atoms with Gasteiger partial charge in [0.25, 0.3) is 10.0 Å². The highest BCUT2D eigenvalue weighted by Crippen LogP contribution is 2.31. The SMILES string of the molecule is O=S(=O)(c1ccccc1)N(Cc1c(Cl)cccc1Cl)c1ccc(F)cc1. The fourth-order valence-corrected chi connectivity index (χ4v) is 4.44. The fourth-order valence-electron chi connectivity index (χ4n) is 2.47. The average molecular weight is 410 g/mol. The van der Waals surface area contributed by atoms with E-state index in [1.807, 2.05) is 0 Å². The van der Waals surface area contributed by atoms with E-state index in [0.717, 1.165) is 4.31 Å². The number of hydrogen-bond acceptors (Lipinski definition) is 2. The zero-order chi connectivity index (χ0) is 18.7. The lowest BCUT2D eigenvalue weighted by molar-refractivity contribution is 0.590. The third kappa shape index (κ3) is 3.85. The quantitative estimate of drug-likeness (QED) is 0.555. The van der Waals surface area contributed by atoms with E-state index in [9.17, 15) is 12.8 Å². The molecule has 0 saturated heterocycles. The van der Waals surface area contributed by atoms with Crippen molar-refractivity contribution in [2.24, 2.45) is 0 Å². The van der Waals surface area contributed by atoms with Gasteiger partial charge in [0.2, 0.25) is 0 Å². The predicted molar refractivity (Wildman–Crippen MR) is 103 cm³/mol. The Morgan fingerprint density at radius 1 is 0.808 bits per heavy atom. The minimum atomic E-state index is -3.91. The molecule has 0 aliphatic rings. The van der Waals surface area contributed by atoms with Crippen molar-refractivity contribution in [2.75, 3.05) is 4.31 Å². The van der Waals surface area contributed by atoms with Crippen molar-refractivity contribution in [2.45, 2.75) is 11.4 Å². The van der Waals surface area contributed by atoms with E-state index in [1.54, 1.807) is 36.4 Å². The van der Waals surface area contributed by atoms with Crippen LogP contribution in [0.2, 0.25) is 10.0 Å². The molecule has 0 aromatic heterocycles. The summed E-state index contributed by atoms with van der Waals surface area (Å²) in [6, 6.07) is 18.2. The van der Waals surface area contributed by atoms with Gasteiger partial charge in [-0.05, 0) is 48.5 Å². The number of halogens is 3. The van der Waals surface area contributed by atoms with Crippen LogP contribution in [0.1, 0.15) is 5.56 Å². The lowest BCUT2D eigenvalue weighted by Gasteiger charge is -2.25. The summed E-state index contributed by atoms with van der Waals surface area (Å²) >= 11 is 12.4. The molecule has 0 aliphatic heterocycles. The maximum atomic E-state index is 13.3. The lowest BCUT2D eigenvalue weighted by atomic mass is 10.2. The van der Waals surface area contributed by atoms with E-state index in [1.165, 1.54) is 36.4 Å². The highest BCUT2D eigenvalue weighted by Gasteiger charge is 2.26. The Labute approximate surface area is 161 Å². The Morgan fingerprint density at radius 2 is 1.38 bits per heavy atom. The molecule has 0 spiro atoms. The normalized spacial score (nSPS) is 11.3. The molecule has 0 unspecified atom stereocenters. The standard InChI is InChI=1S/C19H14Cl2FNO2S/c20-18-7-4-8-19(21)17(18)13-23(15-11-9-14(22)10-12-15)26(24,25)16-5-2-1-3-6-16/h1-12H,13H2. The number of rotatable bonds is 5. The van der Waals surface area contributed by atoms with E-state index in [0.29, 0.717) is 21.3 Å². The monoisotopic (exact) mass is 409 g/mol. The van der Waals surface area contributed by atoms with Crippen LogP contribution in [0.3, 0.4) is 0 Å². The average Bonchev–Trinajstić information content (AvgIpc) is 2.63. The Kier molecular flexibility index (Phi) is 5.51. The van der Waals surface area contributed by atoms with Crippen molar-refractivity contribution in [3.05, 3.63) is 94.2 Å². The van der Waals surface area contributed by atoms with Crippen molar-refractivity contribution in [3.8, 4) is 0 Å². The number of nitrogens with zero attached hydrogens (tertiary/aromatic N) is 1. The van der Waals surface area contributed by atoms with Crippen LogP contribution in [0.25, 0.3) is 0 Å². The summed E-state index contributed by atoms with van der Waals surface area (Å²) in [4.78, 5) is 0.118. The maximum absolute atomic E-state index is 13.3. The molecule has 134 valence electrons. The summed E-state index contributed by atoms with van der Waals surface area (Å²) in [6.07, 6.45) is 0. The van der Waals surface area contributed by atoms with Gasteiger partial charge in [-0.15, -0.1) is 0 Å². The molecule has 0 fully saturated rings. The Balaban J connectivity index is 2.12. The van der Waals surface area contributed by atoms with Gasteiger partial charge in [0.05, 0.1) is 17.1 Å². The zero-order valence-electron chi connectivity index (χ0n) is 13.4. The Bertz CT molecular complexity index is 989. The van der Waals surface area contributed by atoms with Gasteiger partial charge in [0, 0.05) is 15.6 Å². The van der Waals surface area contributed by atoms with Crippen LogP contribution < -0.4 is 4.31 Å². The van der Waals surface area contributed by atoms with Gasteiger partial charge < -0.3 is 0 Å². The summed E-state index contributed by atoms with van der Waals surface area (Å²) in [5.74, 6) is -0.457. The number of anilines is 1. The first kappa shape index (κ1) is 18.7. The molecular formula is C19H14Cl2FNO2S. The smallest absolute Gasteiger partial charge is 0.262 e. The lowest BCUT2D eigenvalue weighted by Crippen LogP contribution is -2.30. The topological polar surface area (TPSA) is 37.4 Å². The summed E-state index contributed by atoms with van der Waals surface area (Å²) in [5, 5.41) is 0.709. The molecule has 0 amide bonds. The van der Waals surface area contributed by atoms with E-state index in [2.05, 4.69) is 0 Å². The molecule has 3 aromatic carbocycles. The van der Waals surface area contributed by atoms with Gasteiger partial charge in [-0.2, -0.15) is 0 Å². The maximum Gasteiger partial charge on any atom is 0.264 e. The highest BCUT2D eigenvalue weighted by molar-refractivity contribution is 7.92. The van der Waals surface area contributed by atoms with Crippen LogP contribution in [0.4, 0.5) is 10.1 Å². The predicted octanol–water partition coefficient (Wildman–Crippen LogP) is 5.53. The summed E-state index contributed by atoms with van der Waals surface area (Å²) in [7, 11) is -3.91. The van der Waals surface area contributed by atoms with Crippen molar-refractivity contribution >= 4 is 38.9 Å². The van der Waals surface area contributed by atoms with Gasteiger partial charge in [0.15, 0.2) is 0 Å². The number of benzene rings is 3. The van der Waals surface area contributed by atoms with Crippen molar-refractivity contribution in [3.63, 3.8) is 0 Å². The van der Waals surface area contributed by atoms with E-state index < -0.39 is 15.8 Å². The minimum Gasteiger partial charge on any atom is -0.262 e. The molecule has 0 saturated carbocycles. The fraction of sp³-hybridized carbons (Fsp3) is 0.0526. The van der Waals surface area contributed by atoms with Gasteiger partial charge >= 0.3 is 0 Å². The zero-order valence-corrected chi connectivity index (χ0v) is 15.8. The van der Waals surface area contributed by atoms with Crippen LogP contribution >= 0.6 is 23.2 Å². The van der Waals surface area contributed by atoms with Crippen LogP contribution in [0.5, 0.6) is 0 Å². The highest BCUT2D eigenvalue weighted by atomic mass is 35.5. The second kappa shape index (κ2) is 7.66. The summed E-state index contributed by atoms with van der Waals surface area (Å²) < 4.78 is 40.9. The van der Waals surface area contributed by atoms with Gasteiger partial charge in [-0.1, -0.05) is 47.5 Å². The molecule has 0 heterocycles. The van der Waals surface area contributed by atoms with E-state index in [4.69, 9.17) is 23.2 Å². The molecule has 3 aromatic rings. The molecule has 0 N–H and O–H groups in total. The number of sulfonamides is 1.